The Balaban J connectivity index is 1.84. The van der Waals surface area contributed by atoms with Crippen LogP contribution in [0.3, 0.4) is 0 Å². The monoisotopic (exact) mass is 872 g/mol. The van der Waals surface area contributed by atoms with Gasteiger partial charge in [0.25, 0.3) is 0 Å². The number of carbonyl (C=O) groups is 1. The zero-order valence-corrected chi connectivity index (χ0v) is 37.4. The van der Waals surface area contributed by atoms with Crippen molar-refractivity contribution < 1.29 is 64.6 Å². The zero-order valence-electron chi connectivity index (χ0n) is 37.4. The molecule has 2 aliphatic heterocycles. The molecule has 12 unspecified atom stereocenters. The van der Waals surface area contributed by atoms with Gasteiger partial charge in [0.1, 0.15) is 48.8 Å². The van der Waals surface area contributed by atoms with E-state index in [1.54, 1.807) is 6.08 Å². The molecule has 0 aromatic carbocycles. The van der Waals surface area contributed by atoms with E-state index in [0.717, 1.165) is 44.9 Å². The second-order valence-electron chi connectivity index (χ2n) is 16.9. The van der Waals surface area contributed by atoms with Crippen molar-refractivity contribution in [1.29, 1.82) is 0 Å². The number of aliphatic hydroxyl groups excluding tert-OH is 8. The number of hydrogen-bond donors (Lipinski definition) is 9. The molecule has 12 atom stereocenters. The first-order chi connectivity index (χ1) is 29.6. The highest BCUT2D eigenvalue weighted by Crippen LogP contribution is 2.30. The molecule has 0 bridgehead atoms. The lowest BCUT2D eigenvalue weighted by molar-refractivity contribution is -0.359. The van der Waals surface area contributed by atoms with Crippen molar-refractivity contribution in [3.63, 3.8) is 0 Å². The summed E-state index contributed by atoms with van der Waals surface area (Å²) in [6.07, 6.45) is 20.7. The second kappa shape index (κ2) is 34.6. The number of hydrogen-bond acceptors (Lipinski definition) is 13. The summed E-state index contributed by atoms with van der Waals surface area (Å²) in [6.45, 7) is 2.68. The molecule has 356 valence electrons. The van der Waals surface area contributed by atoms with Gasteiger partial charge in [-0.3, -0.25) is 4.79 Å². The van der Waals surface area contributed by atoms with Crippen LogP contribution < -0.4 is 5.32 Å². The minimum Gasteiger partial charge on any atom is -0.394 e. The maximum absolute atomic E-state index is 13.1. The molecule has 61 heavy (non-hydrogen) atoms. The van der Waals surface area contributed by atoms with E-state index >= 15 is 0 Å². The van der Waals surface area contributed by atoms with Crippen molar-refractivity contribution in [3.8, 4) is 0 Å². The summed E-state index contributed by atoms with van der Waals surface area (Å²) >= 11 is 0. The van der Waals surface area contributed by atoms with E-state index in [1.165, 1.54) is 83.5 Å². The fourth-order valence-electron chi connectivity index (χ4n) is 7.59. The lowest BCUT2D eigenvalue weighted by Gasteiger charge is -2.46. The largest absolute Gasteiger partial charge is 0.394 e. The predicted molar refractivity (Wildman–Crippen MR) is 235 cm³/mol. The smallest absolute Gasteiger partial charge is 0.220 e. The van der Waals surface area contributed by atoms with Crippen LogP contribution in [-0.4, -0.2) is 140 Å². The Kier molecular flexibility index (Phi) is 31.4. The van der Waals surface area contributed by atoms with Gasteiger partial charge in [0.15, 0.2) is 12.6 Å². The maximum Gasteiger partial charge on any atom is 0.220 e. The van der Waals surface area contributed by atoms with Crippen LogP contribution in [0.5, 0.6) is 0 Å². The van der Waals surface area contributed by atoms with E-state index in [2.05, 4.69) is 43.5 Å². The minimum atomic E-state index is -1.79. The van der Waals surface area contributed by atoms with E-state index in [9.17, 15) is 45.6 Å². The Morgan fingerprint density at radius 1 is 0.574 bits per heavy atom. The summed E-state index contributed by atoms with van der Waals surface area (Å²) in [7, 11) is 0. The van der Waals surface area contributed by atoms with E-state index in [-0.39, 0.29) is 18.9 Å². The molecule has 0 aromatic rings. The van der Waals surface area contributed by atoms with Crippen molar-refractivity contribution in [2.45, 2.75) is 235 Å². The molecule has 9 N–H and O–H groups in total. The number of carbonyl (C=O) groups excluding carboxylic acids is 1. The average Bonchev–Trinajstić information content (AvgIpc) is 3.26. The van der Waals surface area contributed by atoms with Gasteiger partial charge in [-0.1, -0.05) is 134 Å². The van der Waals surface area contributed by atoms with E-state index in [0.29, 0.717) is 12.8 Å². The predicted octanol–water partition coefficient (Wildman–Crippen LogP) is 5.15. The Bertz CT molecular complexity index is 1170. The topological polar surface area (TPSA) is 228 Å². The first-order valence-corrected chi connectivity index (χ1v) is 23.7. The number of amides is 1. The summed E-state index contributed by atoms with van der Waals surface area (Å²) in [6, 6.07) is -0.929. The summed E-state index contributed by atoms with van der Waals surface area (Å²) in [5.41, 5.74) is 0. The normalized spacial score (nSPS) is 28.3. The highest BCUT2D eigenvalue weighted by atomic mass is 16.7. The van der Waals surface area contributed by atoms with Gasteiger partial charge in [-0.25, -0.2) is 0 Å². The first kappa shape index (κ1) is 55.3. The molecular formula is C47H85NO13. The minimum absolute atomic E-state index is 0.259. The number of unbranched alkanes of at least 4 members (excludes halogenated alkanes) is 18. The molecule has 2 aliphatic rings. The van der Waals surface area contributed by atoms with Crippen LogP contribution in [-0.2, 0) is 23.7 Å². The number of nitrogens with one attached hydrogen (secondary N) is 1. The SMILES string of the molecule is CCCCC/C=C/CC/C=C/C(O)C(COC1OC(CO)C(OC2OC(CO)C(O)C(O)C2O)C(O)C1O)NC(=O)CCCCCCCCC/C=C\CCCCCCCCC. The van der Waals surface area contributed by atoms with Crippen molar-refractivity contribution in [1.82, 2.24) is 5.32 Å². The highest BCUT2D eigenvalue weighted by Gasteiger charge is 2.50. The van der Waals surface area contributed by atoms with Gasteiger partial charge in [0.2, 0.25) is 5.91 Å². The molecule has 0 aliphatic carbocycles. The number of rotatable bonds is 35. The van der Waals surface area contributed by atoms with E-state index < -0.39 is 86.8 Å². The van der Waals surface area contributed by atoms with E-state index in [1.807, 2.05) is 6.08 Å². The van der Waals surface area contributed by atoms with Crippen LogP contribution in [0.2, 0.25) is 0 Å². The fraction of sp³-hybridized carbons (Fsp3) is 0.851. The van der Waals surface area contributed by atoms with E-state index in [4.69, 9.17) is 18.9 Å². The number of ether oxygens (including phenoxy) is 4. The Labute approximate surface area is 366 Å². The van der Waals surface area contributed by atoms with Gasteiger partial charge in [-0.2, -0.15) is 0 Å². The third kappa shape index (κ3) is 22.6. The van der Waals surface area contributed by atoms with Crippen molar-refractivity contribution in [3.05, 3.63) is 36.5 Å². The maximum atomic E-state index is 13.1. The van der Waals surface area contributed by atoms with Crippen molar-refractivity contribution in [2.75, 3.05) is 19.8 Å². The van der Waals surface area contributed by atoms with Crippen LogP contribution in [0.1, 0.15) is 162 Å². The summed E-state index contributed by atoms with van der Waals surface area (Å²) in [4.78, 5) is 13.1. The quantitative estimate of drug-likeness (QED) is 0.0297. The van der Waals surface area contributed by atoms with Crippen molar-refractivity contribution >= 4 is 5.91 Å². The first-order valence-electron chi connectivity index (χ1n) is 23.7. The fourth-order valence-corrected chi connectivity index (χ4v) is 7.59. The molecule has 14 heteroatoms. The van der Waals surface area contributed by atoms with Gasteiger partial charge in [-0.05, 0) is 57.8 Å². The van der Waals surface area contributed by atoms with Gasteiger partial charge >= 0.3 is 0 Å². The summed E-state index contributed by atoms with van der Waals surface area (Å²) in [5, 5.41) is 86.3. The highest BCUT2D eigenvalue weighted by molar-refractivity contribution is 5.76. The summed E-state index contributed by atoms with van der Waals surface area (Å²) < 4.78 is 22.6. The van der Waals surface area contributed by atoms with Crippen LogP contribution in [0.15, 0.2) is 36.5 Å². The molecule has 0 spiro atoms. The molecule has 2 fully saturated rings. The van der Waals surface area contributed by atoms with Crippen molar-refractivity contribution in [2.24, 2.45) is 0 Å². The van der Waals surface area contributed by atoms with Crippen LogP contribution in [0, 0.1) is 0 Å². The molecule has 1 amide bonds. The zero-order chi connectivity index (χ0) is 44.7. The molecule has 0 aromatic heterocycles. The molecular weight excluding hydrogens is 787 g/mol. The number of allylic oxidation sites excluding steroid dienone is 5. The Morgan fingerprint density at radius 3 is 1.64 bits per heavy atom. The molecule has 0 saturated carbocycles. The molecule has 2 rings (SSSR count). The van der Waals surface area contributed by atoms with Gasteiger partial charge in [0.05, 0.1) is 32.0 Å². The lowest BCUT2D eigenvalue weighted by Crippen LogP contribution is -2.65. The Morgan fingerprint density at radius 2 is 1.05 bits per heavy atom. The molecule has 2 saturated heterocycles. The number of aliphatic hydroxyl groups is 8. The standard InChI is InChI=1S/C47H85NO13/c1-3-5-7-9-11-13-14-15-16-17-18-19-20-21-23-25-27-29-31-39(52)48-35(36(51)30-28-26-24-22-12-10-8-6-4-2)34-58-46-44(57)42(55)45(38(33-50)60-46)61-47-43(56)41(54)40(53)37(32-49)59-47/h12,16-17,22,28,30,35-38,40-47,49-51,53-57H,3-11,13-15,18-21,23-27,29,31-34H2,1-2H3,(H,48,52)/b17-16-,22-12+,30-28+. The second-order valence-corrected chi connectivity index (χ2v) is 16.9. The third-order valence-corrected chi connectivity index (χ3v) is 11.5. The summed E-state index contributed by atoms with van der Waals surface area (Å²) in [5.74, 6) is -0.259. The Hall–Kier alpha value is -1.79. The molecule has 0 radical (unpaired) electrons. The molecule has 2 heterocycles. The van der Waals surface area contributed by atoms with Crippen LogP contribution in [0.25, 0.3) is 0 Å². The molecule has 14 nitrogen and oxygen atoms in total. The third-order valence-electron chi connectivity index (χ3n) is 11.5. The van der Waals surface area contributed by atoms with Gasteiger partial charge in [0, 0.05) is 6.42 Å². The average molecular weight is 872 g/mol. The van der Waals surface area contributed by atoms with Gasteiger partial charge in [-0.15, -0.1) is 0 Å². The van der Waals surface area contributed by atoms with Crippen LogP contribution >= 0.6 is 0 Å². The van der Waals surface area contributed by atoms with Gasteiger partial charge < -0.3 is 65.1 Å². The van der Waals surface area contributed by atoms with Crippen LogP contribution in [0.4, 0.5) is 0 Å². The lowest BCUT2D eigenvalue weighted by atomic mass is 9.97.